The quantitative estimate of drug-likeness (QED) is 0.756. The highest BCUT2D eigenvalue weighted by Gasteiger charge is 2.45. The second-order valence-electron chi connectivity index (χ2n) is 5.14. The van der Waals surface area contributed by atoms with Crippen LogP contribution in [-0.4, -0.2) is 18.0 Å². The lowest BCUT2D eigenvalue weighted by Crippen LogP contribution is -2.26. The highest BCUT2D eigenvalue weighted by atomic mass is 19.2. The Labute approximate surface area is 104 Å². The topological polar surface area (TPSA) is 26.3 Å². The van der Waals surface area contributed by atoms with E-state index in [-0.39, 0.29) is 35.0 Å². The van der Waals surface area contributed by atoms with Gasteiger partial charge in [-0.3, -0.25) is 4.79 Å². The zero-order chi connectivity index (χ0) is 12.9. The maximum atomic E-state index is 13.8. The number of rotatable bonds is 2. The SMILES string of the molecule is Cc1ccc(C(=O)C2CC3CCC2O3)c(F)c1F. The monoisotopic (exact) mass is 252 g/mol. The van der Waals surface area contributed by atoms with Crippen LogP contribution in [0.25, 0.3) is 0 Å². The normalized spacial score (nSPS) is 29.8. The first kappa shape index (κ1) is 11.8. The first-order valence-electron chi connectivity index (χ1n) is 6.22. The number of carbonyl (C=O) groups is 1. The van der Waals surface area contributed by atoms with Gasteiger partial charge in [0.15, 0.2) is 17.4 Å². The summed E-state index contributed by atoms with van der Waals surface area (Å²) in [4.78, 5) is 12.2. The van der Waals surface area contributed by atoms with Crippen LogP contribution in [0.5, 0.6) is 0 Å². The minimum Gasteiger partial charge on any atom is -0.374 e. The fraction of sp³-hybridized carbons (Fsp3) is 0.500. The van der Waals surface area contributed by atoms with Gasteiger partial charge in [0.25, 0.3) is 0 Å². The average molecular weight is 252 g/mol. The predicted octanol–water partition coefficient (Wildman–Crippen LogP) is 3.02. The summed E-state index contributed by atoms with van der Waals surface area (Å²) < 4.78 is 32.8. The molecule has 3 atom stereocenters. The number of fused-ring (bicyclic) bond motifs is 2. The maximum Gasteiger partial charge on any atom is 0.171 e. The molecule has 3 rings (SSSR count). The molecule has 18 heavy (non-hydrogen) atoms. The summed E-state index contributed by atoms with van der Waals surface area (Å²) in [5.74, 6) is -2.58. The maximum absolute atomic E-state index is 13.8. The third kappa shape index (κ3) is 1.67. The first-order valence-corrected chi connectivity index (χ1v) is 6.22. The van der Waals surface area contributed by atoms with E-state index >= 15 is 0 Å². The number of carbonyl (C=O) groups excluding carboxylic acids is 1. The van der Waals surface area contributed by atoms with Gasteiger partial charge in [-0.15, -0.1) is 0 Å². The molecule has 2 aliphatic heterocycles. The van der Waals surface area contributed by atoms with Crippen molar-refractivity contribution in [1.29, 1.82) is 0 Å². The predicted molar refractivity (Wildman–Crippen MR) is 61.4 cm³/mol. The van der Waals surface area contributed by atoms with Crippen LogP contribution >= 0.6 is 0 Å². The highest BCUT2D eigenvalue weighted by Crippen LogP contribution is 2.40. The molecule has 2 fully saturated rings. The Bertz CT molecular complexity index is 513. The summed E-state index contributed by atoms with van der Waals surface area (Å²) in [6.45, 7) is 1.48. The molecule has 2 heterocycles. The van der Waals surface area contributed by atoms with Crippen LogP contribution in [0.15, 0.2) is 12.1 Å². The smallest absolute Gasteiger partial charge is 0.171 e. The number of aryl methyl sites for hydroxylation is 1. The van der Waals surface area contributed by atoms with Gasteiger partial charge in [-0.1, -0.05) is 6.07 Å². The number of benzene rings is 1. The summed E-state index contributed by atoms with van der Waals surface area (Å²) in [5, 5.41) is 0. The van der Waals surface area contributed by atoms with Crippen molar-refractivity contribution in [3.63, 3.8) is 0 Å². The van der Waals surface area contributed by atoms with E-state index in [1.165, 1.54) is 19.1 Å². The van der Waals surface area contributed by atoms with E-state index in [1.807, 2.05) is 0 Å². The lowest BCUT2D eigenvalue weighted by molar-refractivity contribution is 0.0739. The molecule has 0 aliphatic carbocycles. The van der Waals surface area contributed by atoms with Gasteiger partial charge in [0, 0.05) is 0 Å². The molecule has 0 amide bonds. The summed E-state index contributed by atoms with van der Waals surface area (Å²) >= 11 is 0. The minimum atomic E-state index is -1.03. The fourth-order valence-corrected chi connectivity index (χ4v) is 2.95. The molecule has 96 valence electrons. The highest BCUT2D eigenvalue weighted by molar-refractivity contribution is 5.98. The summed E-state index contributed by atoms with van der Waals surface area (Å²) in [7, 11) is 0. The Hall–Kier alpha value is -1.29. The summed E-state index contributed by atoms with van der Waals surface area (Å²) in [6, 6.07) is 2.82. The molecule has 2 nitrogen and oxygen atoms in total. The van der Waals surface area contributed by atoms with Crippen LogP contribution in [0.1, 0.15) is 35.2 Å². The van der Waals surface area contributed by atoms with Crippen molar-refractivity contribution >= 4 is 5.78 Å². The second kappa shape index (κ2) is 4.12. The minimum absolute atomic E-state index is 0.105. The Morgan fingerprint density at radius 1 is 1.28 bits per heavy atom. The second-order valence-corrected chi connectivity index (χ2v) is 5.14. The van der Waals surface area contributed by atoms with Gasteiger partial charge in [-0.05, 0) is 37.8 Å². The van der Waals surface area contributed by atoms with Crippen molar-refractivity contribution in [2.24, 2.45) is 5.92 Å². The molecular weight excluding hydrogens is 238 g/mol. The molecule has 0 N–H and O–H groups in total. The first-order chi connectivity index (χ1) is 8.58. The average Bonchev–Trinajstić information content (AvgIpc) is 2.97. The lowest BCUT2D eigenvalue weighted by Gasteiger charge is -2.17. The molecule has 0 aromatic heterocycles. The molecule has 0 spiro atoms. The van der Waals surface area contributed by atoms with Crippen molar-refractivity contribution in [2.75, 3.05) is 0 Å². The van der Waals surface area contributed by atoms with Crippen LogP contribution in [0, 0.1) is 24.5 Å². The van der Waals surface area contributed by atoms with Crippen LogP contribution in [-0.2, 0) is 4.74 Å². The van der Waals surface area contributed by atoms with Gasteiger partial charge in [0.2, 0.25) is 0 Å². The number of halogens is 2. The number of hydrogen-bond donors (Lipinski definition) is 0. The van der Waals surface area contributed by atoms with E-state index in [2.05, 4.69) is 0 Å². The Morgan fingerprint density at radius 2 is 2.06 bits per heavy atom. The van der Waals surface area contributed by atoms with E-state index < -0.39 is 11.6 Å². The van der Waals surface area contributed by atoms with Crippen LogP contribution in [0.3, 0.4) is 0 Å². The zero-order valence-electron chi connectivity index (χ0n) is 10.1. The molecule has 1 aromatic carbocycles. The van der Waals surface area contributed by atoms with Crippen molar-refractivity contribution < 1.29 is 18.3 Å². The van der Waals surface area contributed by atoms with Gasteiger partial charge < -0.3 is 4.74 Å². The Balaban J connectivity index is 1.91. The molecule has 4 heteroatoms. The third-order valence-corrected chi connectivity index (χ3v) is 3.98. The van der Waals surface area contributed by atoms with Gasteiger partial charge in [0.05, 0.1) is 23.7 Å². The third-order valence-electron chi connectivity index (χ3n) is 3.98. The van der Waals surface area contributed by atoms with E-state index in [9.17, 15) is 13.6 Å². The van der Waals surface area contributed by atoms with Crippen molar-refractivity contribution in [1.82, 2.24) is 0 Å². The van der Waals surface area contributed by atoms with E-state index in [1.54, 1.807) is 0 Å². The van der Waals surface area contributed by atoms with Crippen LogP contribution in [0.2, 0.25) is 0 Å². The number of hydrogen-bond acceptors (Lipinski definition) is 2. The molecular formula is C14H14F2O2. The molecule has 0 radical (unpaired) electrons. The zero-order valence-corrected chi connectivity index (χ0v) is 10.1. The summed E-state index contributed by atoms with van der Waals surface area (Å²) in [6.07, 6.45) is 2.47. The van der Waals surface area contributed by atoms with Crippen molar-refractivity contribution in [3.05, 3.63) is 34.9 Å². The number of ether oxygens (including phenoxy) is 1. The Kier molecular flexibility index (Phi) is 2.70. The number of Topliss-reactive ketones (excluding diaryl/α,β-unsaturated/α-hetero) is 1. The van der Waals surface area contributed by atoms with Crippen LogP contribution < -0.4 is 0 Å². The molecule has 3 unspecified atom stereocenters. The van der Waals surface area contributed by atoms with E-state index in [4.69, 9.17) is 4.74 Å². The standard InChI is InChI=1S/C14H14F2O2/c1-7-2-4-9(13(16)12(7)15)14(17)10-6-8-3-5-11(10)18-8/h2,4,8,10-11H,3,5-6H2,1H3. The van der Waals surface area contributed by atoms with E-state index in [0.29, 0.717) is 6.42 Å². The summed E-state index contributed by atoms with van der Waals surface area (Å²) in [5.41, 5.74) is 0.0764. The Morgan fingerprint density at radius 3 is 2.67 bits per heavy atom. The van der Waals surface area contributed by atoms with Gasteiger partial charge >= 0.3 is 0 Å². The molecule has 2 saturated heterocycles. The van der Waals surface area contributed by atoms with E-state index in [0.717, 1.165) is 12.8 Å². The fourth-order valence-electron chi connectivity index (χ4n) is 2.95. The number of ketones is 1. The van der Waals surface area contributed by atoms with Crippen molar-refractivity contribution in [2.45, 2.75) is 38.4 Å². The molecule has 0 saturated carbocycles. The largest absolute Gasteiger partial charge is 0.374 e. The van der Waals surface area contributed by atoms with Crippen LogP contribution in [0.4, 0.5) is 8.78 Å². The van der Waals surface area contributed by atoms with Crippen molar-refractivity contribution in [3.8, 4) is 0 Å². The lowest BCUT2D eigenvalue weighted by atomic mass is 9.83. The molecule has 2 aliphatic rings. The van der Waals surface area contributed by atoms with Gasteiger partial charge in [-0.2, -0.15) is 0 Å². The molecule has 1 aromatic rings. The van der Waals surface area contributed by atoms with Gasteiger partial charge in [0.1, 0.15) is 0 Å². The van der Waals surface area contributed by atoms with Gasteiger partial charge in [-0.25, -0.2) is 8.78 Å². The molecule has 2 bridgehead atoms.